The van der Waals surface area contributed by atoms with Gasteiger partial charge in [0.2, 0.25) is 0 Å². The Bertz CT molecular complexity index is 826. The normalized spacial score (nSPS) is 17.8. The van der Waals surface area contributed by atoms with Crippen LogP contribution in [-0.4, -0.2) is 37.6 Å². The Hall–Kier alpha value is -2.44. The number of benzene rings is 1. The van der Waals surface area contributed by atoms with Crippen molar-refractivity contribution in [1.29, 1.82) is 0 Å². The maximum Gasteiger partial charge on any atom is 0.108 e. The molecule has 26 heavy (non-hydrogen) atoms. The zero-order valence-corrected chi connectivity index (χ0v) is 15.2. The van der Waals surface area contributed by atoms with Gasteiger partial charge in [0.15, 0.2) is 0 Å². The first-order valence-electron chi connectivity index (χ1n) is 9.13. The molecule has 0 radical (unpaired) electrons. The van der Waals surface area contributed by atoms with E-state index in [2.05, 4.69) is 57.3 Å². The number of nitrogens with zero attached hydrogens (tertiary/aromatic N) is 5. The zero-order chi connectivity index (χ0) is 17.8. The van der Waals surface area contributed by atoms with Crippen LogP contribution in [0.4, 0.5) is 0 Å². The Balaban J connectivity index is 1.27. The first-order valence-corrected chi connectivity index (χ1v) is 9.13. The number of likely N-dealkylation sites (tertiary alicyclic amines) is 1. The zero-order valence-electron chi connectivity index (χ0n) is 15.2. The SMILES string of the molecule is Cn1cccc1CN1CCC(n2cc(COCc3ccccc3)nn2)C1. The highest BCUT2D eigenvalue weighted by molar-refractivity contribution is 5.13. The molecule has 0 aliphatic carbocycles. The molecule has 6 heteroatoms. The standard InChI is InChI=1S/C20H25N5O/c1-23-10-5-8-19(23)13-24-11-9-20(14-24)25-12-18(21-22-25)16-26-15-17-6-3-2-4-7-17/h2-8,10,12,20H,9,11,13-16H2,1H3. The molecule has 0 N–H and O–H groups in total. The first-order chi connectivity index (χ1) is 12.8. The molecule has 0 saturated carbocycles. The first kappa shape index (κ1) is 17.0. The number of hydrogen-bond donors (Lipinski definition) is 0. The molecule has 1 unspecified atom stereocenters. The van der Waals surface area contributed by atoms with E-state index < -0.39 is 0 Å². The second-order valence-corrected chi connectivity index (χ2v) is 6.96. The van der Waals surface area contributed by atoms with Gasteiger partial charge in [0.05, 0.1) is 25.5 Å². The van der Waals surface area contributed by atoms with Gasteiger partial charge in [-0.2, -0.15) is 0 Å². The van der Waals surface area contributed by atoms with Crippen molar-refractivity contribution < 1.29 is 4.74 Å². The van der Waals surface area contributed by atoms with Crippen LogP contribution in [0.2, 0.25) is 0 Å². The monoisotopic (exact) mass is 351 g/mol. The van der Waals surface area contributed by atoms with Gasteiger partial charge >= 0.3 is 0 Å². The predicted octanol–water partition coefficient (Wildman–Crippen LogP) is 2.78. The van der Waals surface area contributed by atoms with E-state index in [1.54, 1.807) is 0 Å². The summed E-state index contributed by atoms with van der Waals surface area (Å²) in [6.45, 7) is 4.19. The third-order valence-electron chi connectivity index (χ3n) is 4.98. The van der Waals surface area contributed by atoms with Gasteiger partial charge in [0.25, 0.3) is 0 Å². The summed E-state index contributed by atoms with van der Waals surface area (Å²) in [5, 5.41) is 8.60. The van der Waals surface area contributed by atoms with Crippen LogP contribution in [0, 0.1) is 0 Å². The van der Waals surface area contributed by atoms with Crippen molar-refractivity contribution in [2.24, 2.45) is 7.05 Å². The summed E-state index contributed by atoms with van der Waals surface area (Å²) < 4.78 is 9.95. The summed E-state index contributed by atoms with van der Waals surface area (Å²) in [6, 6.07) is 14.9. The van der Waals surface area contributed by atoms with Crippen molar-refractivity contribution in [2.75, 3.05) is 13.1 Å². The fourth-order valence-corrected chi connectivity index (χ4v) is 3.47. The summed E-state index contributed by atoms with van der Waals surface area (Å²) in [4.78, 5) is 2.48. The van der Waals surface area contributed by atoms with Crippen molar-refractivity contribution in [3.63, 3.8) is 0 Å². The fourth-order valence-electron chi connectivity index (χ4n) is 3.47. The molecule has 3 aromatic rings. The molecule has 1 fully saturated rings. The average Bonchev–Trinajstić information content (AvgIpc) is 3.39. The Morgan fingerprint density at radius 2 is 2.00 bits per heavy atom. The van der Waals surface area contributed by atoms with Crippen molar-refractivity contribution in [2.45, 2.75) is 32.2 Å². The molecule has 1 atom stereocenters. The molecule has 0 bridgehead atoms. The van der Waals surface area contributed by atoms with Crippen LogP contribution >= 0.6 is 0 Å². The van der Waals surface area contributed by atoms with Crippen LogP contribution in [0.15, 0.2) is 54.9 Å². The van der Waals surface area contributed by atoms with E-state index in [1.165, 1.54) is 11.3 Å². The lowest BCUT2D eigenvalue weighted by Crippen LogP contribution is -2.22. The number of rotatable bonds is 7. The van der Waals surface area contributed by atoms with Gasteiger partial charge in [-0.05, 0) is 24.1 Å². The summed E-state index contributed by atoms with van der Waals surface area (Å²) in [5.41, 5.74) is 3.41. The highest BCUT2D eigenvalue weighted by Crippen LogP contribution is 2.22. The second-order valence-electron chi connectivity index (χ2n) is 6.96. The van der Waals surface area contributed by atoms with Crippen LogP contribution in [0.1, 0.15) is 29.4 Å². The quantitative estimate of drug-likeness (QED) is 0.657. The molecule has 0 spiro atoms. The van der Waals surface area contributed by atoms with Crippen molar-refractivity contribution >= 4 is 0 Å². The maximum atomic E-state index is 5.76. The van der Waals surface area contributed by atoms with Crippen molar-refractivity contribution in [1.82, 2.24) is 24.5 Å². The molecule has 1 aliphatic heterocycles. The minimum atomic E-state index is 0.394. The van der Waals surface area contributed by atoms with Gasteiger partial charge in [-0.15, -0.1) is 5.10 Å². The molecular weight excluding hydrogens is 326 g/mol. The van der Waals surface area contributed by atoms with E-state index in [-0.39, 0.29) is 0 Å². The van der Waals surface area contributed by atoms with Gasteiger partial charge in [-0.1, -0.05) is 35.5 Å². The Kier molecular flexibility index (Phi) is 5.13. The lowest BCUT2D eigenvalue weighted by molar-refractivity contribution is 0.104. The van der Waals surface area contributed by atoms with E-state index in [9.17, 15) is 0 Å². The number of aryl methyl sites for hydroxylation is 1. The van der Waals surface area contributed by atoms with E-state index in [1.807, 2.05) is 29.1 Å². The third kappa shape index (κ3) is 4.03. The molecule has 4 rings (SSSR count). The average molecular weight is 351 g/mol. The number of hydrogen-bond acceptors (Lipinski definition) is 4. The maximum absolute atomic E-state index is 5.76. The van der Waals surface area contributed by atoms with Crippen LogP contribution in [0.5, 0.6) is 0 Å². The summed E-state index contributed by atoms with van der Waals surface area (Å²) in [5.74, 6) is 0. The molecule has 1 aromatic carbocycles. The second kappa shape index (κ2) is 7.85. The molecule has 1 saturated heterocycles. The summed E-state index contributed by atoms with van der Waals surface area (Å²) >= 11 is 0. The molecular formula is C20H25N5O. The molecule has 136 valence electrons. The summed E-state index contributed by atoms with van der Waals surface area (Å²) in [7, 11) is 2.10. The van der Waals surface area contributed by atoms with E-state index in [0.717, 1.165) is 31.7 Å². The van der Waals surface area contributed by atoms with E-state index in [0.29, 0.717) is 19.3 Å². The minimum Gasteiger partial charge on any atom is -0.370 e. The number of aromatic nitrogens is 4. The van der Waals surface area contributed by atoms with Crippen LogP contribution in [0.25, 0.3) is 0 Å². The van der Waals surface area contributed by atoms with E-state index >= 15 is 0 Å². The lowest BCUT2D eigenvalue weighted by Gasteiger charge is -2.16. The molecule has 2 aromatic heterocycles. The summed E-state index contributed by atoms with van der Waals surface area (Å²) in [6.07, 6.45) is 5.24. The van der Waals surface area contributed by atoms with Crippen LogP contribution in [-0.2, 0) is 31.5 Å². The van der Waals surface area contributed by atoms with Gasteiger partial charge in [0, 0.05) is 38.6 Å². The third-order valence-corrected chi connectivity index (χ3v) is 4.98. The lowest BCUT2D eigenvalue weighted by atomic mass is 10.2. The van der Waals surface area contributed by atoms with Gasteiger partial charge in [-0.25, -0.2) is 4.68 Å². The fraction of sp³-hybridized carbons (Fsp3) is 0.400. The highest BCUT2D eigenvalue weighted by atomic mass is 16.5. The van der Waals surface area contributed by atoms with Crippen LogP contribution in [0.3, 0.4) is 0 Å². The Morgan fingerprint density at radius 3 is 2.81 bits per heavy atom. The molecule has 0 amide bonds. The molecule has 3 heterocycles. The predicted molar refractivity (Wildman–Crippen MR) is 99.3 cm³/mol. The topological polar surface area (TPSA) is 48.1 Å². The molecule has 6 nitrogen and oxygen atoms in total. The van der Waals surface area contributed by atoms with Crippen molar-refractivity contribution in [3.05, 3.63) is 71.8 Å². The van der Waals surface area contributed by atoms with Crippen LogP contribution < -0.4 is 0 Å². The molecule has 1 aliphatic rings. The highest BCUT2D eigenvalue weighted by Gasteiger charge is 2.25. The van der Waals surface area contributed by atoms with E-state index in [4.69, 9.17) is 4.74 Å². The minimum absolute atomic E-state index is 0.394. The Labute approximate surface area is 154 Å². The van der Waals surface area contributed by atoms with Gasteiger partial charge < -0.3 is 9.30 Å². The van der Waals surface area contributed by atoms with Crippen molar-refractivity contribution in [3.8, 4) is 0 Å². The smallest absolute Gasteiger partial charge is 0.108 e. The van der Waals surface area contributed by atoms with Gasteiger partial charge in [0.1, 0.15) is 5.69 Å². The largest absolute Gasteiger partial charge is 0.370 e. The van der Waals surface area contributed by atoms with Gasteiger partial charge in [-0.3, -0.25) is 4.90 Å². The number of ether oxygens (including phenoxy) is 1. The Morgan fingerprint density at radius 1 is 1.12 bits per heavy atom.